The second-order valence-electron chi connectivity index (χ2n) is 3.65. The molecule has 0 bridgehead atoms. The highest BCUT2D eigenvalue weighted by Gasteiger charge is 2.10. The molecule has 0 N–H and O–H groups in total. The zero-order valence-electron chi connectivity index (χ0n) is 9.48. The molecule has 0 aliphatic heterocycles. The predicted molar refractivity (Wildman–Crippen MR) is 71.5 cm³/mol. The Balaban J connectivity index is 2.37. The molecule has 1 aromatic carbocycles. The van der Waals surface area contributed by atoms with Crippen molar-refractivity contribution >= 4 is 33.5 Å². The van der Waals surface area contributed by atoms with E-state index in [0.29, 0.717) is 0 Å². The van der Waals surface area contributed by atoms with Gasteiger partial charge in [-0.3, -0.25) is 9.48 Å². The molecule has 0 amide bonds. The van der Waals surface area contributed by atoms with Crippen LogP contribution in [0.4, 0.5) is 0 Å². The van der Waals surface area contributed by atoms with Crippen molar-refractivity contribution in [3.05, 3.63) is 40.6 Å². The topological polar surface area (TPSA) is 34.9 Å². The number of nitrogens with zero attached hydrogens (tertiary/aromatic N) is 2. The van der Waals surface area contributed by atoms with E-state index in [4.69, 9.17) is 0 Å². The Morgan fingerprint density at radius 3 is 2.82 bits per heavy atom. The lowest BCUT2D eigenvalue weighted by atomic mass is 10.1. The number of rotatable bonds is 3. The number of benzene rings is 1. The van der Waals surface area contributed by atoms with Crippen LogP contribution in [0.25, 0.3) is 0 Å². The number of carbonyl (C=O) groups excluding carboxylic acids is 1. The smallest absolute Gasteiger partial charge is 0.160 e. The molecule has 0 spiro atoms. The summed E-state index contributed by atoms with van der Waals surface area (Å²) in [5.41, 5.74) is 0.738. The van der Waals surface area contributed by atoms with Gasteiger partial charge in [0.05, 0.1) is 11.1 Å². The fraction of sp³-hybridized carbons (Fsp3) is 0.167. The first-order chi connectivity index (χ1) is 8.06. The van der Waals surface area contributed by atoms with E-state index in [1.165, 1.54) is 0 Å². The second kappa shape index (κ2) is 5.06. The van der Waals surface area contributed by atoms with Crippen LogP contribution in [0.1, 0.15) is 17.3 Å². The molecule has 0 saturated carbocycles. The fourth-order valence-electron chi connectivity index (χ4n) is 1.45. The predicted octanol–water partition coefficient (Wildman–Crippen LogP) is 3.54. The molecular formula is C12H11BrN2OS. The van der Waals surface area contributed by atoms with Gasteiger partial charge >= 0.3 is 0 Å². The highest BCUT2D eigenvalue weighted by Crippen LogP contribution is 2.32. The third-order valence-corrected chi connectivity index (χ3v) is 3.73. The van der Waals surface area contributed by atoms with E-state index in [0.717, 1.165) is 19.8 Å². The van der Waals surface area contributed by atoms with Crippen LogP contribution in [0, 0.1) is 0 Å². The maximum Gasteiger partial charge on any atom is 0.160 e. The van der Waals surface area contributed by atoms with Gasteiger partial charge in [-0.25, -0.2) is 0 Å². The summed E-state index contributed by atoms with van der Waals surface area (Å²) in [5, 5.41) is 4.11. The van der Waals surface area contributed by atoms with Crippen molar-refractivity contribution in [2.45, 2.75) is 16.7 Å². The molecule has 88 valence electrons. The molecule has 0 radical (unpaired) electrons. The van der Waals surface area contributed by atoms with Crippen LogP contribution < -0.4 is 0 Å². The molecule has 0 aliphatic rings. The first-order valence-electron chi connectivity index (χ1n) is 5.03. The number of Topliss-reactive ketones (excluding diaryl/α,β-unsaturated/α-hetero) is 1. The minimum atomic E-state index is 0.0730. The Morgan fingerprint density at radius 2 is 2.24 bits per heavy atom. The summed E-state index contributed by atoms with van der Waals surface area (Å²) in [6.07, 6.45) is 3.71. The van der Waals surface area contributed by atoms with Gasteiger partial charge in [-0.15, -0.1) is 0 Å². The number of aryl methyl sites for hydroxylation is 1. The van der Waals surface area contributed by atoms with Crippen molar-refractivity contribution in [2.24, 2.45) is 7.05 Å². The van der Waals surface area contributed by atoms with Crippen LogP contribution in [-0.4, -0.2) is 15.6 Å². The monoisotopic (exact) mass is 310 g/mol. The first kappa shape index (κ1) is 12.4. The Hall–Kier alpha value is -1.07. The maximum atomic E-state index is 11.5. The van der Waals surface area contributed by atoms with E-state index in [2.05, 4.69) is 21.0 Å². The second-order valence-corrected chi connectivity index (χ2v) is 5.68. The minimum Gasteiger partial charge on any atom is -0.294 e. The third kappa shape index (κ3) is 2.98. The van der Waals surface area contributed by atoms with Crippen molar-refractivity contribution in [1.82, 2.24) is 9.78 Å². The van der Waals surface area contributed by atoms with E-state index >= 15 is 0 Å². The average molecular weight is 311 g/mol. The highest BCUT2D eigenvalue weighted by atomic mass is 79.9. The van der Waals surface area contributed by atoms with Gasteiger partial charge in [-0.05, 0) is 25.1 Å². The number of aromatic nitrogens is 2. The van der Waals surface area contributed by atoms with E-state index in [1.54, 1.807) is 29.6 Å². The third-order valence-electron chi connectivity index (χ3n) is 2.23. The van der Waals surface area contributed by atoms with Gasteiger partial charge in [-0.1, -0.05) is 27.7 Å². The average Bonchev–Trinajstić information content (AvgIpc) is 2.63. The summed E-state index contributed by atoms with van der Waals surface area (Å²) in [6.45, 7) is 1.58. The van der Waals surface area contributed by atoms with Crippen LogP contribution in [-0.2, 0) is 7.05 Å². The van der Waals surface area contributed by atoms with Crippen LogP contribution in [0.5, 0.6) is 0 Å². The van der Waals surface area contributed by atoms with Crippen molar-refractivity contribution < 1.29 is 4.79 Å². The van der Waals surface area contributed by atoms with Crippen molar-refractivity contribution in [1.29, 1.82) is 0 Å². The molecule has 0 saturated heterocycles. The summed E-state index contributed by atoms with van der Waals surface area (Å²) in [7, 11) is 1.87. The van der Waals surface area contributed by atoms with Crippen molar-refractivity contribution in [2.75, 3.05) is 0 Å². The zero-order chi connectivity index (χ0) is 12.4. The van der Waals surface area contributed by atoms with Crippen molar-refractivity contribution in [3.63, 3.8) is 0 Å². The van der Waals surface area contributed by atoms with E-state index in [-0.39, 0.29) is 5.78 Å². The highest BCUT2D eigenvalue weighted by molar-refractivity contribution is 9.10. The summed E-state index contributed by atoms with van der Waals surface area (Å²) in [4.78, 5) is 13.5. The molecule has 0 atom stereocenters. The maximum absolute atomic E-state index is 11.5. The van der Waals surface area contributed by atoms with Crippen LogP contribution in [0.2, 0.25) is 0 Å². The van der Waals surface area contributed by atoms with Gasteiger partial charge in [0.25, 0.3) is 0 Å². The lowest BCUT2D eigenvalue weighted by Gasteiger charge is -2.05. The first-order valence-corrected chi connectivity index (χ1v) is 6.64. The van der Waals surface area contributed by atoms with Gasteiger partial charge in [0.1, 0.15) is 0 Å². The summed E-state index contributed by atoms with van der Waals surface area (Å²) in [6, 6.07) is 5.67. The molecule has 1 heterocycles. The molecule has 3 nitrogen and oxygen atoms in total. The summed E-state index contributed by atoms with van der Waals surface area (Å²) >= 11 is 4.96. The number of halogens is 1. The van der Waals surface area contributed by atoms with Gasteiger partial charge < -0.3 is 0 Å². The number of carbonyl (C=O) groups is 1. The van der Waals surface area contributed by atoms with E-state index in [1.807, 2.05) is 31.4 Å². The van der Waals surface area contributed by atoms with Crippen LogP contribution in [0.3, 0.4) is 0 Å². The largest absolute Gasteiger partial charge is 0.294 e. The molecule has 0 fully saturated rings. The molecule has 2 rings (SSSR count). The van der Waals surface area contributed by atoms with Gasteiger partial charge in [-0.2, -0.15) is 5.10 Å². The quantitative estimate of drug-likeness (QED) is 0.813. The van der Waals surface area contributed by atoms with E-state index < -0.39 is 0 Å². The Bertz CT molecular complexity index is 565. The SMILES string of the molecule is CC(=O)c1ccc(Br)cc1Sc1cnn(C)c1. The number of hydrogen-bond acceptors (Lipinski definition) is 3. The van der Waals surface area contributed by atoms with Gasteiger partial charge in [0, 0.05) is 28.2 Å². The fourth-order valence-corrected chi connectivity index (χ4v) is 3.03. The van der Waals surface area contributed by atoms with Gasteiger partial charge in [0.2, 0.25) is 0 Å². The molecular weight excluding hydrogens is 300 g/mol. The molecule has 17 heavy (non-hydrogen) atoms. The molecule has 1 aromatic heterocycles. The number of ketones is 1. The lowest BCUT2D eigenvalue weighted by molar-refractivity contribution is 0.101. The summed E-state index contributed by atoms with van der Waals surface area (Å²) < 4.78 is 2.71. The lowest BCUT2D eigenvalue weighted by Crippen LogP contribution is -1.94. The van der Waals surface area contributed by atoms with Crippen LogP contribution in [0.15, 0.2) is 44.9 Å². The Morgan fingerprint density at radius 1 is 1.47 bits per heavy atom. The zero-order valence-corrected chi connectivity index (χ0v) is 11.9. The molecule has 2 aromatic rings. The standard InChI is InChI=1S/C12H11BrN2OS/c1-8(16)11-4-3-9(13)5-12(11)17-10-6-14-15(2)7-10/h3-7H,1-2H3. The normalized spacial score (nSPS) is 10.5. The number of hydrogen-bond donors (Lipinski definition) is 0. The summed E-state index contributed by atoms with van der Waals surface area (Å²) in [5.74, 6) is 0.0730. The molecule has 5 heteroatoms. The Kier molecular flexibility index (Phi) is 3.69. The Labute approximate surface area is 112 Å². The van der Waals surface area contributed by atoms with Crippen molar-refractivity contribution in [3.8, 4) is 0 Å². The minimum absolute atomic E-state index is 0.0730. The van der Waals surface area contributed by atoms with Gasteiger partial charge in [0.15, 0.2) is 5.78 Å². The van der Waals surface area contributed by atoms with Crippen LogP contribution >= 0.6 is 27.7 Å². The molecule has 0 aliphatic carbocycles. The van der Waals surface area contributed by atoms with E-state index in [9.17, 15) is 4.79 Å². The molecule has 0 unspecified atom stereocenters.